The van der Waals surface area contributed by atoms with Crippen molar-refractivity contribution in [1.82, 2.24) is 0 Å². The second-order valence-electron chi connectivity index (χ2n) is 3.69. The molecule has 17 heavy (non-hydrogen) atoms. The summed E-state index contributed by atoms with van der Waals surface area (Å²) >= 11 is 7.47. The molecular weight excluding hydrogens is 252 g/mol. The number of nitrogens with one attached hydrogen (secondary N) is 1. The summed E-state index contributed by atoms with van der Waals surface area (Å²) in [5.41, 5.74) is 2.56. The Balaban J connectivity index is 2.14. The smallest absolute Gasteiger partial charge is 0.102 e. The van der Waals surface area contributed by atoms with E-state index in [4.69, 9.17) is 16.9 Å². The average molecular weight is 263 g/mol. The summed E-state index contributed by atoms with van der Waals surface area (Å²) in [7, 11) is 0. The average Bonchev–Trinajstić information content (AvgIpc) is 2.72. The van der Waals surface area contributed by atoms with Gasteiger partial charge < -0.3 is 5.32 Å². The number of thiophene rings is 1. The highest BCUT2D eigenvalue weighted by Gasteiger charge is 2.04. The van der Waals surface area contributed by atoms with E-state index < -0.39 is 0 Å². The third-order valence-corrected chi connectivity index (χ3v) is 3.74. The molecule has 0 radical (unpaired) electrons. The Labute approximate surface area is 109 Å². The lowest BCUT2D eigenvalue weighted by Gasteiger charge is -2.08. The monoisotopic (exact) mass is 262 g/mol. The lowest BCUT2D eigenvalue weighted by Crippen LogP contribution is -2.00. The number of hydrogen-bond acceptors (Lipinski definition) is 3. The van der Waals surface area contributed by atoms with Crippen LogP contribution in [-0.4, -0.2) is 0 Å². The molecule has 0 amide bonds. The van der Waals surface area contributed by atoms with Crippen molar-refractivity contribution in [3.8, 4) is 6.07 Å². The van der Waals surface area contributed by atoms with E-state index in [0.717, 1.165) is 21.2 Å². The number of hydrogen-bond donors (Lipinski definition) is 1. The summed E-state index contributed by atoms with van der Waals surface area (Å²) < 4.78 is 0. The maximum absolute atomic E-state index is 9.09. The van der Waals surface area contributed by atoms with Crippen LogP contribution in [0.3, 0.4) is 0 Å². The maximum atomic E-state index is 9.09. The molecule has 0 aliphatic rings. The first kappa shape index (κ1) is 12.0. The van der Waals surface area contributed by atoms with Gasteiger partial charge in [0.05, 0.1) is 16.3 Å². The van der Waals surface area contributed by atoms with Crippen LogP contribution in [0.5, 0.6) is 0 Å². The minimum absolute atomic E-state index is 0.690. The first-order valence-electron chi connectivity index (χ1n) is 5.17. The summed E-state index contributed by atoms with van der Waals surface area (Å²) in [5.74, 6) is 0. The van der Waals surface area contributed by atoms with Crippen LogP contribution in [0.1, 0.15) is 16.0 Å². The molecule has 0 atom stereocenters. The summed E-state index contributed by atoms with van der Waals surface area (Å²) in [6.45, 7) is 2.63. The van der Waals surface area contributed by atoms with Gasteiger partial charge in [-0.3, -0.25) is 0 Å². The highest BCUT2D eigenvalue weighted by Crippen LogP contribution is 2.22. The molecule has 0 fully saturated rings. The van der Waals surface area contributed by atoms with Gasteiger partial charge in [-0.1, -0.05) is 23.7 Å². The predicted molar refractivity (Wildman–Crippen MR) is 72.5 cm³/mol. The molecule has 0 aliphatic carbocycles. The molecule has 0 spiro atoms. The number of nitriles is 1. The quantitative estimate of drug-likeness (QED) is 0.900. The molecule has 0 unspecified atom stereocenters. The van der Waals surface area contributed by atoms with E-state index in [1.807, 2.05) is 36.6 Å². The molecule has 0 bridgehead atoms. The van der Waals surface area contributed by atoms with E-state index in [9.17, 15) is 0 Å². The minimum Gasteiger partial charge on any atom is -0.379 e. The largest absolute Gasteiger partial charge is 0.379 e. The number of benzene rings is 1. The van der Waals surface area contributed by atoms with Gasteiger partial charge in [0.15, 0.2) is 0 Å². The molecule has 0 saturated carbocycles. The van der Waals surface area contributed by atoms with E-state index in [-0.39, 0.29) is 0 Å². The lowest BCUT2D eigenvalue weighted by atomic mass is 10.1. The van der Waals surface area contributed by atoms with Gasteiger partial charge in [0.1, 0.15) is 6.07 Å². The summed E-state index contributed by atoms with van der Waals surface area (Å²) in [4.78, 5) is 1.15. The van der Waals surface area contributed by atoms with Crippen LogP contribution in [0.4, 0.5) is 5.69 Å². The fourth-order valence-electron chi connectivity index (χ4n) is 1.59. The zero-order valence-electron chi connectivity index (χ0n) is 9.33. The van der Waals surface area contributed by atoms with Crippen molar-refractivity contribution < 1.29 is 0 Å². The molecule has 0 saturated heterocycles. The van der Waals surface area contributed by atoms with Crippen molar-refractivity contribution in [2.24, 2.45) is 0 Å². The maximum Gasteiger partial charge on any atom is 0.102 e. The predicted octanol–water partition coefficient (Wildman–Crippen LogP) is 4.19. The number of halogens is 1. The Hall–Kier alpha value is -1.50. The molecule has 4 heteroatoms. The zero-order valence-corrected chi connectivity index (χ0v) is 10.9. The third-order valence-electron chi connectivity index (χ3n) is 2.46. The Morgan fingerprint density at radius 1 is 1.47 bits per heavy atom. The SMILES string of the molecule is Cc1cccc(NCc2cc(Cl)cs2)c1C#N. The number of anilines is 1. The summed E-state index contributed by atoms with van der Waals surface area (Å²) in [6.07, 6.45) is 0. The Morgan fingerprint density at radius 2 is 2.29 bits per heavy atom. The molecule has 0 aliphatic heterocycles. The van der Waals surface area contributed by atoms with Crippen LogP contribution < -0.4 is 5.32 Å². The number of rotatable bonds is 3. The zero-order chi connectivity index (χ0) is 12.3. The van der Waals surface area contributed by atoms with Crippen molar-refractivity contribution in [2.45, 2.75) is 13.5 Å². The number of aryl methyl sites for hydroxylation is 1. The topological polar surface area (TPSA) is 35.8 Å². The standard InChI is InChI=1S/C13H11ClN2S/c1-9-3-2-4-13(12(9)6-15)16-7-11-5-10(14)8-17-11/h2-5,8,16H,7H2,1H3. The van der Waals surface area contributed by atoms with Gasteiger partial charge >= 0.3 is 0 Å². The molecule has 1 aromatic heterocycles. The van der Waals surface area contributed by atoms with Crippen molar-refractivity contribution >= 4 is 28.6 Å². The molecule has 2 nitrogen and oxygen atoms in total. The van der Waals surface area contributed by atoms with E-state index >= 15 is 0 Å². The van der Waals surface area contributed by atoms with Gasteiger partial charge in [0, 0.05) is 16.8 Å². The summed E-state index contributed by atoms with van der Waals surface area (Å²) in [6, 6.07) is 9.95. The fourth-order valence-corrected chi connectivity index (χ4v) is 2.60. The van der Waals surface area contributed by atoms with Crippen LogP contribution in [0.2, 0.25) is 5.02 Å². The molecule has 2 aromatic rings. The second kappa shape index (κ2) is 5.22. The van der Waals surface area contributed by atoms with Gasteiger partial charge in [-0.05, 0) is 24.6 Å². The Kier molecular flexibility index (Phi) is 3.68. The molecular formula is C13H11ClN2S. The highest BCUT2D eigenvalue weighted by molar-refractivity contribution is 7.10. The van der Waals surface area contributed by atoms with Crippen molar-refractivity contribution in [3.05, 3.63) is 50.7 Å². The Bertz CT molecular complexity index is 569. The molecule has 1 heterocycles. The Morgan fingerprint density at radius 3 is 2.94 bits per heavy atom. The van der Waals surface area contributed by atoms with Crippen LogP contribution in [-0.2, 0) is 6.54 Å². The highest BCUT2D eigenvalue weighted by atomic mass is 35.5. The molecule has 1 N–H and O–H groups in total. The van der Waals surface area contributed by atoms with Crippen molar-refractivity contribution in [2.75, 3.05) is 5.32 Å². The van der Waals surface area contributed by atoms with E-state index in [2.05, 4.69) is 11.4 Å². The van der Waals surface area contributed by atoms with Crippen LogP contribution >= 0.6 is 22.9 Å². The van der Waals surface area contributed by atoms with Gasteiger partial charge in [-0.2, -0.15) is 5.26 Å². The summed E-state index contributed by atoms with van der Waals surface area (Å²) in [5, 5.41) is 15.0. The fraction of sp³-hybridized carbons (Fsp3) is 0.154. The second-order valence-corrected chi connectivity index (χ2v) is 5.13. The van der Waals surface area contributed by atoms with E-state index in [0.29, 0.717) is 12.1 Å². The van der Waals surface area contributed by atoms with Crippen LogP contribution in [0.15, 0.2) is 29.6 Å². The van der Waals surface area contributed by atoms with Crippen LogP contribution in [0, 0.1) is 18.3 Å². The van der Waals surface area contributed by atoms with Gasteiger partial charge in [0.25, 0.3) is 0 Å². The first-order valence-corrected chi connectivity index (χ1v) is 6.43. The van der Waals surface area contributed by atoms with Gasteiger partial charge in [0.2, 0.25) is 0 Å². The number of nitrogens with zero attached hydrogens (tertiary/aromatic N) is 1. The molecule has 86 valence electrons. The third kappa shape index (κ3) is 2.79. The van der Waals surface area contributed by atoms with E-state index in [1.54, 1.807) is 11.3 Å². The first-order chi connectivity index (χ1) is 8.20. The van der Waals surface area contributed by atoms with Gasteiger partial charge in [-0.25, -0.2) is 0 Å². The van der Waals surface area contributed by atoms with Crippen LogP contribution in [0.25, 0.3) is 0 Å². The van der Waals surface area contributed by atoms with Crippen molar-refractivity contribution in [1.29, 1.82) is 5.26 Å². The molecule has 1 aromatic carbocycles. The van der Waals surface area contributed by atoms with Gasteiger partial charge in [-0.15, -0.1) is 11.3 Å². The van der Waals surface area contributed by atoms with E-state index in [1.165, 1.54) is 0 Å². The minimum atomic E-state index is 0.690. The molecule has 2 rings (SSSR count). The van der Waals surface area contributed by atoms with Crippen molar-refractivity contribution in [3.63, 3.8) is 0 Å². The lowest BCUT2D eigenvalue weighted by molar-refractivity contribution is 1.18. The normalized spacial score (nSPS) is 9.94.